The van der Waals surface area contributed by atoms with E-state index in [1.165, 1.54) is 12.7 Å². The third-order valence-corrected chi connectivity index (χ3v) is 4.52. The molecule has 0 atom stereocenters. The molecule has 0 bridgehead atoms. The molecule has 2 aromatic carbocycles. The topological polar surface area (TPSA) is 65.4 Å². The molecule has 6 nitrogen and oxygen atoms in total. The van der Waals surface area contributed by atoms with Crippen LogP contribution in [0, 0.1) is 6.92 Å². The Kier molecular flexibility index (Phi) is 7.03. The largest absolute Gasteiger partial charge is 0.494 e. The quantitative estimate of drug-likeness (QED) is 0.546. The number of aryl methyl sites for hydroxylation is 2. The molecule has 3 rings (SSSR count). The van der Waals surface area contributed by atoms with E-state index in [4.69, 9.17) is 9.47 Å². The van der Waals surface area contributed by atoms with Crippen LogP contribution in [0.25, 0.3) is 11.0 Å². The first kappa shape index (κ1) is 19.9. The maximum atomic E-state index is 11.7. The highest BCUT2D eigenvalue weighted by atomic mass is 16.5. The molecule has 0 radical (unpaired) electrons. The summed E-state index contributed by atoms with van der Waals surface area (Å²) in [6, 6.07) is 16.1. The number of unbranched alkanes of at least 4 members (excludes halogenated alkanes) is 1. The average Bonchev–Trinajstić information content (AvgIpc) is 3.05. The predicted molar refractivity (Wildman–Crippen MR) is 109 cm³/mol. The summed E-state index contributed by atoms with van der Waals surface area (Å²) >= 11 is 0. The number of ether oxygens (including phenoxy) is 2. The van der Waals surface area contributed by atoms with E-state index in [1.54, 1.807) is 0 Å². The second kappa shape index (κ2) is 9.90. The first-order valence-corrected chi connectivity index (χ1v) is 9.56. The minimum absolute atomic E-state index is 0.0522. The molecule has 0 spiro atoms. The molecule has 1 heterocycles. The predicted octanol–water partition coefficient (Wildman–Crippen LogP) is 3.47. The van der Waals surface area contributed by atoms with Crippen molar-refractivity contribution in [2.75, 3.05) is 20.3 Å². The van der Waals surface area contributed by atoms with Gasteiger partial charge in [0.15, 0.2) is 0 Å². The van der Waals surface area contributed by atoms with Crippen LogP contribution in [0.5, 0.6) is 5.75 Å². The van der Waals surface area contributed by atoms with Gasteiger partial charge in [0.05, 0.1) is 24.2 Å². The summed E-state index contributed by atoms with van der Waals surface area (Å²) in [6.07, 6.45) is 1.90. The first-order chi connectivity index (χ1) is 13.7. The number of hydrogen-bond acceptors (Lipinski definition) is 4. The van der Waals surface area contributed by atoms with Crippen LogP contribution in [0.1, 0.15) is 24.2 Å². The lowest BCUT2D eigenvalue weighted by molar-refractivity contribution is -0.124. The van der Waals surface area contributed by atoms with Crippen molar-refractivity contribution in [2.45, 2.75) is 32.9 Å². The van der Waals surface area contributed by atoms with Gasteiger partial charge in [-0.2, -0.15) is 0 Å². The summed E-state index contributed by atoms with van der Waals surface area (Å²) in [5, 5.41) is 2.86. The summed E-state index contributed by atoms with van der Waals surface area (Å²) < 4.78 is 12.8. The fourth-order valence-electron chi connectivity index (χ4n) is 3.07. The third kappa shape index (κ3) is 5.33. The maximum absolute atomic E-state index is 11.7. The Hall–Kier alpha value is -2.86. The Bertz CT molecular complexity index is 903. The Morgan fingerprint density at radius 1 is 1.11 bits per heavy atom. The van der Waals surface area contributed by atoms with Crippen LogP contribution in [0.3, 0.4) is 0 Å². The SMILES string of the molecule is COCC(=O)NCc1nc2ccccc2n1CCCCOc1ccc(C)cc1. The molecule has 0 saturated heterocycles. The van der Waals surface area contributed by atoms with Crippen LogP contribution in [0.4, 0.5) is 0 Å². The number of aromatic nitrogens is 2. The van der Waals surface area contributed by atoms with Crippen molar-refractivity contribution in [1.29, 1.82) is 0 Å². The van der Waals surface area contributed by atoms with Gasteiger partial charge in [0.25, 0.3) is 0 Å². The van der Waals surface area contributed by atoms with Gasteiger partial charge < -0.3 is 19.4 Å². The van der Waals surface area contributed by atoms with Gasteiger partial charge in [-0.3, -0.25) is 4.79 Å². The van der Waals surface area contributed by atoms with Crippen LogP contribution in [-0.2, 0) is 22.6 Å². The molecule has 0 aliphatic heterocycles. The van der Waals surface area contributed by atoms with Crippen molar-refractivity contribution in [1.82, 2.24) is 14.9 Å². The summed E-state index contributed by atoms with van der Waals surface area (Å²) in [5.74, 6) is 1.61. The molecular weight excluding hydrogens is 354 g/mol. The molecule has 0 fully saturated rings. The molecule has 1 amide bonds. The highest BCUT2D eigenvalue weighted by Crippen LogP contribution is 2.17. The number of amides is 1. The number of methoxy groups -OCH3 is 1. The Morgan fingerprint density at radius 3 is 2.68 bits per heavy atom. The van der Waals surface area contributed by atoms with Gasteiger partial charge in [-0.05, 0) is 44.0 Å². The van der Waals surface area contributed by atoms with Gasteiger partial charge in [0, 0.05) is 13.7 Å². The molecule has 3 aromatic rings. The maximum Gasteiger partial charge on any atom is 0.246 e. The molecule has 6 heteroatoms. The number of fused-ring (bicyclic) bond motifs is 1. The molecule has 0 aliphatic rings. The van der Waals surface area contributed by atoms with Crippen molar-refractivity contribution >= 4 is 16.9 Å². The van der Waals surface area contributed by atoms with E-state index in [9.17, 15) is 4.79 Å². The highest BCUT2D eigenvalue weighted by molar-refractivity contribution is 5.78. The van der Waals surface area contributed by atoms with E-state index in [0.717, 1.165) is 42.0 Å². The Morgan fingerprint density at radius 2 is 1.89 bits per heavy atom. The van der Waals surface area contributed by atoms with Crippen molar-refractivity contribution in [3.05, 3.63) is 59.9 Å². The molecule has 0 saturated carbocycles. The van der Waals surface area contributed by atoms with Gasteiger partial charge in [-0.25, -0.2) is 4.98 Å². The van der Waals surface area contributed by atoms with Crippen molar-refractivity contribution in [2.24, 2.45) is 0 Å². The van der Waals surface area contributed by atoms with E-state index < -0.39 is 0 Å². The summed E-state index contributed by atoms with van der Waals surface area (Å²) in [4.78, 5) is 16.4. The monoisotopic (exact) mass is 381 g/mol. The minimum Gasteiger partial charge on any atom is -0.494 e. The number of carbonyl (C=O) groups excluding carboxylic acids is 1. The number of imidazole rings is 1. The zero-order valence-corrected chi connectivity index (χ0v) is 16.5. The lowest BCUT2D eigenvalue weighted by Gasteiger charge is -2.11. The molecule has 1 N–H and O–H groups in total. The number of carbonyl (C=O) groups is 1. The number of rotatable bonds is 10. The zero-order valence-electron chi connectivity index (χ0n) is 16.5. The number of hydrogen-bond donors (Lipinski definition) is 1. The van der Waals surface area contributed by atoms with Crippen LogP contribution in [-0.4, -0.2) is 35.8 Å². The normalized spacial score (nSPS) is 10.9. The molecular formula is C22H27N3O3. The number of para-hydroxylation sites is 2. The second-order valence-corrected chi connectivity index (χ2v) is 6.75. The van der Waals surface area contributed by atoms with Gasteiger partial charge >= 0.3 is 0 Å². The highest BCUT2D eigenvalue weighted by Gasteiger charge is 2.11. The van der Waals surface area contributed by atoms with E-state index in [0.29, 0.717) is 13.2 Å². The first-order valence-electron chi connectivity index (χ1n) is 9.56. The van der Waals surface area contributed by atoms with Gasteiger partial charge in [0.1, 0.15) is 18.2 Å². The Balaban J connectivity index is 1.57. The number of nitrogens with one attached hydrogen (secondary N) is 1. The standard InChI is InChI=1S/C22H27N3O3/c1-17-9-11-18(12-10-17)28-14-6-5-13-25-20-8-4-3-7-19(20)24-21(25)15-23-22(26)16-27-2/h3-4,7-12H,5-6,13-16H2,1-2H3,(H,23,26). The van der Waals surface area contributed by atoms with E-state index in [-0.39, 0.29) is 12.5 Å². The van der Waals surface area contributed by atoms with Crippen LogP contribution < -0.4 is 10.1 Å². The molecule has 0 unspecified atom stereocenters. The summed E-state index contributed by atoms with van der Waals surface area (Å²) in [6.45, 7) is 4.00. The zero-order chi connectivity index (χ0) is 19.8. The Labute approximate surface area is 165 Å². The lowest BCUT2D eigenvalue weighted by Crippen LogP contribution is -2.28. The van der Waals surface area contributed by atoms with E-state index in [1.807, 2.05) is 30.3 Å². The van der Waals surface area contributed by atoms with E-state index >= 15 is 0 Å². The smallest absolute Gasteiger partial charge is 0.246 e. The molecule has 0 aliphatic carbocycles. The van der Waals surface area contributed by atoms with Crippen LogP contribution >= 0.6 is 0 Å². The second-order valence-electron chi connectivity index (χ2n) is 6.75. The summed E-state index contributed by atoms with van der Waals surface area (Å²) in [5.41, 5.74) is 3.25. The van der Waals surface area contributed by atoms with Crippen molar-refractivity contribution in [3.8, 4) is 5.75 Å². The van der Waals surface area contributed by atoms with Gasteiger partial charge in [-0.15, -0.1) is 0 Å². The fraction of sp³-hybridized carbons (Fsp3) is 0.364. The van der Waals surface area contributed by atoms with Crippen LogP contribution in [0.2, 0.25) is 0 Å². The molecule has 1 aromatic heterocycles. The van der Waals surface area contributed by atoms with Crippen molar-refractivity contribution in [3.63, 3.8) is 0 Å². The molecule has 148 valence electrons. The van der Waals surface area contributed by atoms with E-state index in [2.05, 4.69) is 40.0 Å². The summed E-state index contributed by atoms with van der Waals surface area (Å²) in [7, 11) is 1.51. The number of benzene rings is 2. The lowest BCUT2D eigenvalue weighted by atomic mass is 10.2. The average molecular weight is 381 g/mol. The number of nitrogens with zero attached hydrogens (tertiary/aromatic N) is 2. The van der Waals surface area contributed by atoms with Gasteiger partial charge in [0.2, 0.25) is 5.91 Å². The van der Waals surface area contributed by atoms with Crippen LogP contribution in [0.15, 0.2) is 48.5 Å². The third-order valence-electron chi connectivity index (χ3n) is 4.52. The fourth-order valence-corrected chi connectivity index (χ4v) is 3.07. The minimum atomic E-state index is -0.146. The van der Waals surface area contributed by atoms with Gasteiger partial charge in [-0.1, -0.05) is 29.8 Å². The molecule has 28 heavy (non-hydrogen) atoms. The van der Waals surface area contributed by atoms with Crippen molar-refractivity contribution < 1.29 is 14.3 Å².